The average Bonchev–Trinajstić information content (AvgIpc) is 2.47. The largest absolute Gasteiger partial charge is 0.507 e. The lowest BCUT2D eigenvalue weighted by molar-refractivity contribution is -0.144. The molecule has 21 heavy (non-hydrogen) atoms. The third kappa shape index (κ3) is 4.48. The molecule has 0 aromatic heterocycles. The van der Waals surface area contributed by atoms with E-state index in [0.29, 0.717) is 0 Å². The van der Waals surface area contributed by atoms with Crippen molar-refractivity contribution in [1.29, 1.82) is 0 Å². The first-order valence-corrected chi connectivity index (χ1v) is 6.11. The van der Waals surface area contributed by atoms with Crippen molar-refractivity contribution in [3.63, 3.8) is 0 Å². The van der Waals surface area contributed by atoms with Crippen LogP contribution in [-0.2, 0) is 19.1 Å². The second kappa shape index (κ2) is 7.28. The SMILES string of the molecule is COC(=O)CN(CC(=O)OC)C(=O)c1cc(C)ccc1O. The number of phenolic OH excluding ortho intramolecular Hbond substituents is 1. The molecule has 0 unspecified atom stereocenters. The van der Waals surface area contributed by atoms with Gasteiger partial charge < -0.3 is 19.5 Å². The Morgan fingerprint density at radius 2 is 1.62 bits per heavy atom. The smallest absolute Gasteiger partial charge is 0.325 e. The van der Waals surface area contributed by atoms with E-state index in [1.54, 1.807) is 13.0 Å². The van der Waals surface area contributed by atoms with Gasteiger partial charge in [-0.3, -0.25) is 14.4 Å². The van der Waals surface area contributed by atoms with E-state index >= 15 is 0 Å². The summed E-state index contributed by atoms with van der Waals surface area (Å²) in [6.45, 7) is 0.913. The Kier molecular flexibility index (Phi) is 5.71. The number of carbonyl (C=O) groups is 3. The Morgan fingerprint density at radius 1 is 1.10 bits per heavy atom. The Morgan fingerprint density at radius 3 is 2.10 bits per heavy atom. The molecular formula is C14H17NO6. The molecule has 0 bridgehead atoms. The van der Waals surface area contributed by atoms with E-state index in [9.17, 15) is 19.5 Å². The fourth-order valence-electron chi connectivity index (χ4n) is 1.63. The van der Waals surface area contributed by atoms with Gasteiger partial charge in [0.25, 0.3) is 5.91 Å². The summed E-state index contributed by atoms with van der Waals surface area (Å²) < 4.78 is 8.98. The summed E-state index contributed by atoms with van der Waals surface area (Å²) in [7, 11) is 2.35. The van der Waals surface area contributed by atoms with Gasteiger partial charge in [0.05, 0.1) is 19.8 Å². The van der Waals surface area contributed by atoms with Gasteiger partial charge in [0, 0.05) is 0 Å². The molecule has 0 heterocycles. The second-order valence-electron chi connectivity index (χ2n) is 4.33. The quantitative estimate of drug-likeness (QED) is 0.795. The Labute approximate surface area is 122 Å². The van der Waals surface area contributed by atoms with E-state index < -0.39 is 30.9 Å². The number of rotatable bonds is 5. The van der Waals surface area contributed by atoms with Crippen LogP contribution in [0.15, 0.2) is 18.2 Å². The van der Waals surface area contributed by atoms with Crippen LogP contribution in [0.5, 0.6) is 5.75 Å². The van der Waals surface area contributed by atoms with Crippen LogP contribution < -0.4 is 0 Å². The van der Waals surface area contributed by atoms with Crippen molar-refractivity contribution in [2.45, 2.75) is 6.92 Å². The molecule has 7 nitrogen and oxygen atoms in total. The molecule has 114 valence electrons. The molecule has 0 saturated heterocycles. The lowest BCUT2D eigenvalue weighted by Crippen LogP contribution is -2.40. The van der Waals surface area contributed by atoms with Crippen molar-refractivity contribution in [1.82, 2.24) is 4.90 Å². The summed E-state index contributed by atoms with van der Waals surface area (Å²) in [5.41, 5.74) is 0.759. The third-order valence-corrected chi connectivity index (χ3v) is 2.76. The maximum absolute atomic E-state index is 12.4. The van der Waals surface area contributed by atoms with Crippen molar-refractivity contribution in [3.05, 3.63) is 29.3 Å². The molecular weight excluding hydrogens is 278 g/mol. The summed E-state index contributed by atoms with van der Waals surface area (Å²) >= 11 is 0. The Bertz CT molecular complexity index is 536. The molecule has 0 fully saturated rings. The number of aryl methyl sites for hydroxylation is 1. The van der Waals surface area contributed by atoms with Crippen LogP contribution in [0.1, 0.15) is 15.9 Å². The number of nitrogens with zero attached hydrogens (tertiary/aromatic N) is 1. The van der Waals surface area contributed by atoms with E-state index in [0.717, 1.165) is 10.5 Å². The van der Waals surface area contributed by atoms with Gasteiger partial charge >= 0.3 is 11.9 Å². The van der Waals surface area contributed by atoms with Gasteiger partial charge in [0.1, 0.15) is 18.8 Å². The van der Waals surface area contributed by atoms with Gasteiger partial charge in [-0.15, -0.1) is 0 Å². The third-order valence-electron chi connectivity index (χ3n) is 2.76. The first-order chi connectivity index (χ1) is 9.88. The standard InChI is InChI=1S/C14H17NO6/c1-9-4-5-11(16)10(6-9)14(19)15(7-12(17)20-2)8-13(18)21-3/h4-6,16H,7-8H2,1-3H3. The number of aromatic hydroxyl groups is 1. The van der Waals surface area contributed by atoms with Crippen molar-refractivity contribution in [3.8, 4) is 5.75 Å². The van der Waals surface area contributed by atoms with Crippen LogP contribution in [-0.4, -0.2) is 55.2 Å². The van der Waals surface area contributed by atoms with Crippen LogP contribution >= 0.6 is 0 Å². The molecule has 0 saturated carbocycles. The van der Waals surface area contributed by atoms with Crippen LogP contribution in [0.4, 0.5) is 0 Å². The lowest BCUT2D eigenvalue weighted by atomic mass is 10.1. The normalized spacial score (nSPS) is 9.86. The van der Waals surface area contributed by atoms with Gasteiger partial charge in [-0.25, -0.2) is 0 Å². The number of ether oxygens (including phenoxy) is 2. The summed E-state index contributed by atoms with van der Waals surface area (Å²) in [4.78, 5) is 36.0. The maximum atomic E-state index is 12.4. The minimum absolute atomic E-state index is 0.00260. The van der Waals surface area contributed by atoms with E-state index in [-0.39, 0.29) is 11.3 Å². The predicted octanol–water partition coefficient (Wildman–Crippen LogP) is 0.489. The number of hydrogen-bond acceptors (Lipinski definition) is 6. The van der Waals surface area contributed by atoms with Gasteiger partial charge in [-0.1, -0.05) is 11.6 Å². The number of hydrogen-bond donors (Lipinski definition) is 1. The highest BCUT2D eigenvalue weighted by molar-refractivity contribution is 5.99. The van der Waals surface area contributed by atoms with E-state index in [1.165, 1.54) is 26.4 Å². The second-order valence-corrected chi connectivity index (χ2v) is 4.33. The molecule has 0 aliphatic carbocycles. The number of methoxy groups -OCH3 is 2. The fraction of sp³-hybridized carbons (Fsp3) is 0.357. The van der Waals surface area contributed by atoms with E-state index in [4.69, 9.17) is 0 Å². The minimum Gasteiger partial charge on any atom is -0.507 e. The van der Waals surface area contributed by atoms with Crippen LogP contribution in [0.3, 0.4) is 0 Å². The molecule has 1 amide bonds. The molecule has 0 aliphatic rings. The van der Waals surface area contributed by atoms with Crippen molar-refractivity contribution in [2.75, 3.05) is 27.3 Å². The monoisotopic (exact) mass is 295 g/mol. The minimum atomic E-state index is -0.681. The molecule has 1 aromatic rings. The summed E-state index contributed by atoms with van der Waals surface area (Å²) in [6.07, 6.45) is 0. The number of carbonyl (C=O) groups excluding carboxylic acids is 3. The van der Waals surface area contributed by atoms with Crippen molar-refractivity contribution >= 4 is 17.8 Å². The summed E-state index contributed by atoms with van der Waals surface area (Å²) in [6, 6.07) is 4.48. The van der Waals surface area contributed by atoms with E-state index in [2.05, 4.69) is 9.47 Å². The van der Waals surface area contributed by atoms with E-state index in [1.807, 2.05) is 0 Å². The molecule has 0 radical (unpaired) electrons. The maximum Gasteiger partial charge on any atom is 0.325 e. The summed E-state index contributed by atoms with van der Waals surface area (Å²) in [5.74, 6) is -2.25. The van der Waals surface area contributed by atoms with Crippen LogP contribution in [0.25, 0.3) is 0 Å². The molecule has 1 rings (SSSR count). The van der Waals surface area contributed by atoms with Crippen molar-refractivity contribution < 1.29 is 29.0 Å². The number of phenols is 1. The number of amides is 1. The first kappa shape index (κ1) is 16.5. The topological polar surface area (TPSA) is 93.1 Å². The van der Waals surface area contributed by atoms with Gasteiger partial charge in [-0.2, -0.15) is 0 Å². The molecule has 1 aromatic carbocycles. The highest BCUT2D eigenvalue weighted by atomic mass is 16.5. The zero-order chi connectivity index (χ0) is 16.0. The Balaban J connectivity index is 3.05. The van der Waals surface area contributed by atoms with Crippen LogP contribution in [0, 0.1) is 6.92 Å². The molecule has 7 heteroatoms. The molecule has 0 spiro atoms. The number of esters is 2. The average molecular weight is 295 g/mol. The zero-order valence-electron chi connectivity index (χ0n) is 12.1. The van der Waals surface area contributed by atoms with Crippen molar-refractivity contribution in [2.24, 2.45) is 0 Å². The molecule has 0 aliphatic heterocycles. The van der Waals surface area contributed by atoms with Gasteiger partial charge in [0.2, 0.25) is 0 Å². The van der Waals surface area contributed by atoms with Gasteiger partial charge in [0.15, 0.2) is 0 Å². The fourth-order valence-corrected chi connectivity index (χ4v) is 1.63. The first-order valence-electron chi connectivity index (χ1n) is 6.11. The lowest BCUT2D eigenvalue weighted by Gasteiger charge is -2.20. The highest BCUT2D eigenvalue weighted by Crippen LogP contribution is 2.20. The number of benzene rings is 1. The van der Waals surface area contributed by atoms with Crippen LogP contribution in [0.2, 0.25) is 0 Å². The Hall–Kier alpha value is -2.57. The molecule has 0 atom stereocenters. The zero-order valence-corrected chi connectivity index (χ0v) is 12.1. The highest BCUT2D eigenvalue weighted by Gasteiger charge is 2.24. The summed E-state index contributed by atoms with van der Waals surface area (Å²) in [5, 5.41) is 9.76. The van der Waals surface area contributed by atoms with Gasteiger partial charge in [-0.05, 0) is 19.1 Å². The molecule has 1 N–H and O–H groups in total. The predicted molar refractivity (Wildman–Crippen MR) is 72.8 cm³/mol.